The van der Waals surface area contributed by atoms with Crippen LogP contribution in [0.5, 0.6) is 0 Å². The molecule has 0 radical (unpaired) electrons. The van der Waals surface area contributed by atoms with Crippen LogP contribution in [0.15, 0.2) is 0 Å². The fourth-order valence-electron chi connectivity index (χ4n) is 4.71. The summed E-state index contributed by atoms with van der Waals surface area (Å²) < 4.78 is 1.47. The normalized spacial score (nSPS) is 23.2. The molecule has 0 saturated carbocycles. The zero-order valence-electron chi connectivity index (χ0n) is 18.4. The zero-order valence-corrected chi connectivity index (χ0v) is 18.4. The Morgan fingerprint density at radius 2 is 1.00 bits per heavy atom. The van der Waals surface area contributed by atoms with Gasteiger partial charge in [-0.1, -0.05) is 84.0 Å². The first-order valence-electron chi connectivity index (χ1n) is 12.0. The molecule has 3 aliphatic rings. The minimum Gasteiger partial charge on any atom is -0.356 e. The van der Waals surface area contributed by atoms with Crippen LogP contribution in [0, 0.1) is 15.3 Å². The molecule has 0 unspecified atom stereocenters. The van der Waals surface area contributed by atoms with Gasteiger partial charge in [-0.3, -0.25) is 4.90 Å². The van der Waals surface area contributed by atoms with E-state index in [0.717, 1.165) is 0 Å². The third-order valence-corrected chi connectivity index (χ3v) is 6.66. The smallest absolute Gasteiger partial charge is 0.0916 e. The lowest BCUT2D eigenvalue weighted by Crippen LogP contribution is -2.67. The van der Waals surface area contributed by atoms with E-state index in [9.17, 15) is 0 Å². The Morgan fingerprint density at radius 3 is 1.36 bits per heavy atom. The maximum Gasteiger partial charge on any atom is 0.0916 e. The molecule has 0 atom stereocenters. The summed E-state index contributed by atoms with van der Waals surface area (Å²) in [5.74, 6) is 0. The van der Waals surface area contributed by atoms with E-state index >= 15 is 0 Å². The summed E-state index contributed by atoms with van der Waals surface area (Å²) in [4.78, 5) is 10.9. The highest BCUT2D eigenvalue weighted by Crippen LogP contribution is 2.21. The molecule has 0 N–H and O–H groups in total. The van der Waals surface area contributed by atoms with Crippen molar-refractivity contribution >= 4 is 0 Å². The van der Waals surface area contributed by atoms with Gasteiger partial charge in [-0.2, -0.15) is 0 Å². The van der Waals surface area contributed by atoms with E-state index in [1.54, 1.807) is 0 Å². The van der Waals surface area contributed by atoms with E-state index < -0.39 is 5.09 Å². The van der Waals surface area contributed by atoms with Crippen molar-refractivity contribution < 1.29 is 9.57 Å². The molecule has 0 aliphatic carbocycles. The Balaban J connectivity index is 0.000000892. The third kappa shape index (κ3) is 12.6. The van der Waals surface area contributed by atoms with Crippen LogP contribution in [-0.4, -0.2) is 60.3 Å². The molecule has 0 amide bonds. The van der Waals surface area contributed by atoms with Crippen LogP contribution in [0.4, 0.5) is 0 Å². The summed E-state index contributed by atoms with van der Waals surface area (Å²) >= 11 is 0. The van der Waals surface area contributed by atoms with Gasteiger partial charge in [0.05, 0.1) is 31.3 Å². The number of hydrogen-bond acceptors (Lipinski definition) is 4. The average Bonchev–Trinajstić information content (AvgIpc) is 2.69. The largest absolute Gasteiger partial charge is 0.356 e. The van der Waals surface area contributed by atoms with Crippen molar-refractivity contribution in [1.82, 2.24) is 4.90 Å². The Kier molecular flexibility index (Phi) is 14.4. The molecule has 28 heavy (non-hydrogen) atoms. The van der Waals surface area contributed by atoms with Gasteiger partial charge in [-0.15, -0.1) is 0 Å². The topological polar surface area (TPSA) is 69.4 Å². The number of rotatable bonds is 15. The molecule has 0 aromatic heterocycles. The number of hydrogen-bond donors (Lipinski definition) is 0. The molecule has 3 saturated heterocycles. The molecule has 0 aromatic carbocycles. The molecular weight excluding hydrogens is 354 g/mol. The van der Waals surface area contributed by atoms with E-state index in [1.165, 1.54) is 140 Å². The molecule has 2 bridgehead atoms. The van der Waals surface area contributed by atoms with Crippen LogP contribution < -0.4 is 0 Å². The van der Waals surface area contributed by atoms with Gasteiger partial charge in [-0.05, 0) is 12.8 Å². The summed E-state index contributed by atoms with van der Waals surface area (Å²) in [6, 6.07) is 0. The molecule has 6 nitrogen and oxygen atoms in total. The Morgan fingerprint density at radius 1 is 0.679 bits per heavy atom. The van der Waals surface area contributed by atoms with Gasteiger partial charge in [0.2, 0.25) is 0 Å². The van der Waals surface area contributed by atoms with Crippen molar-refractivity contribution in [3.8, 4) is 0 Å². The first kappa shape index (κ1) is 25.2. The monoisotopic (exact) mass is 399 g/mol. The summed E-state index contributed by atoms with van der Waals surface area (Å²) in [5, 5.41) is 14.8. The number of piperazine rings is 3. The van der Waals surface area contributed by atoms with E-state index in [2.05, 4.69) is 11.8 Å². The molecule has 3 heterocycles. The predicted molar refractivity (Wildman–Crippen MR) is 117 cm³/mol. The lowest BCUT2D eigenvalue weighted by Gasteiger charge is -2.50. The Hall–Kier alpha value is -0.880. The van der Waals surface area contributed by atoms with E-state index in [1.807, 2.05) is 0 Å². The second-order valence-corrected chi connectivity index (χ2v) is 8.90. The zero-order chi connectivity index (χ0) is 20.5. The maximum absolute atomic E-state index is 8.25. The number of fused-ring (bicyclic) bond motifs is 3. The van der Waals surface area contributed by atoms with Gasteiger partial charge in [0.25, 0.3) is 0 Å². The van der Waals surface area contributed by atoms with Crippen LogP contribution in [0.1, 0.15) is 96.8 Å². The van der Waals surface area contributed by atoms with Gasteiger partial charge in [-0.25, -0.2) is 0 Å². The summed E-state index contributed by atoms with van der Waals surface area (Å²) in [6.07, 6.45) is 20.6. The quantitative estimate of drug-likeness (QED) is 0.160. The average molecular weight is 400 g/mol. The lowest BCUT2D eigenvalue weighted by molar-refractivity contribution is -0.941. The van der Waals surface area contributed by atoms with Crippen molar-refractivity contribution in [3.05, 3.63) is 15.3 Å². The minimum absolute atomic E-state index is 1.37. The van der Waals surface area contributed by atoms with Crippen LogP contribution >= 0.6 is 0 Å². The van der Waals surface area contributed by atoms with Gasteiger partial charge >= 0.3 is 0 Å². The van der Waals surface area contributed by atoms with Crippen LogP contribution in [0.2, 0.25) is 0 Å². The van der Waals surface area contributed by atoms with E-state index in [-0.39, 0.29) is 0 Å². The van der Waals surface area contributed by atoms with Gasteiger partial charge < -0.3 is 19.8 Å². The van der Waals surface area contributed by atoms with E-state index in [0.29, 0.717) is 0 Å². The number of nitrogens with zero attached hydrogens (tertiary/aromatic N) is 3. The highest BCUT2D eigenvalue weighted by molar-refractivity contribution is 4.70. The molecular formula is C22H45N3O3. The van der Waals surface area contributed by atoms with Crippen molar-refractivity contribution in [3.63, 3.8) is 0 Å². The van der Waals surface area contributed by atoms with Crippen LogP contribution in [0.25, 0.3) is 0 Å². The maximum atomic E-state index is 8.25. The number of quaternary nitrogens is 1. The highest BCUT2D eigenvalue weighted by atomic mass is 16.9. The van der Waals surface area contributed by atoms with Crippen LogP contribution in [-0.2, 0) is 0 Å². The van der Waals surface area contributed by atoms with E-state index in [4.69, 9.17) is 15.3 Å². The predicted octanol–water partition coefficient (Wildman–Crippen LogP) is 5.37. The number of unbranched alkanes of at least 4 members (excludes halogenated alkanes) is 13. The summed E-state index contributed by atoms with van der Waals surface area (Å²) in [7, 11) is 0. The summed E-state index contributed by atoms with van der Waals surface area (Å²) in [6.45, 7) is 12.2. The third-order valence-electron chi connectivity index (χ3n) is 6.66. The van der Waals surface area contributed by atoms with Crippen molar-refractivity contribution in [2.45, 2.75) is 96.8 Å². The highest BCUT2D eigenvalue weighted by Gasteiger charge is 2.37. The SMILES string of the molecule is CCCCCCCCCCCCCCCC[N+]12CCN(CC1)CC2.O=[N+]([O-])[O-]. The molecule has 3 rings (SSSR count). The van der Waals surface area contributed by atoms with Gasteiger partial charge in [0, 0.05) is 19.6 Å². The Bertz CT molecular complexity index is 367. The summed E-state index contributed by atoms with van der Waals surface area (Å²) in [5.41, 5.74) is 0. The molecule has 0 aromatic rings. The fourth-order valence-corrected chi connectivity index (χ4v) is 4.71. The van der Waals surface area contributed by atoms with Crippen molar-refractivity contribution in [2.24, 2.45) is 0 Å². The molecule has 0 spiro atoms. The van der Waals surface area contributed by atoms with Crippen LogP contribution in [0.3, 0.4) is 0 Å². The Labute approximate surface area is 173 Å². The molecule has 3 fully saturated rings. The molecule has 6 heteroatoms. The van der Waals surface area contributed by atoms with Crippen molar-refractivity contribution in [1.29, 1.82) is 0 Å². The fraction of sp³-hybridized carbons (Fsp3) is 1.00. The first-order chi connectivity index (χ1) is 13.6. The molecule has 166 valence electrons. The standard InChI is InChI=1S/C22H45N2.NO3/c1-2-3-4-5-6-7-8-9-10-11-12-13-14-15-19-24-20-16-23(17-21-24)18-22-24;2-1(3)4/h2-22H2,1H3;/q+1;-1. The molecule has 3 aliphatic heterocycles. The lowest BCUT2D eigenvalue weighted by atomic mass is 10.0. The first-order valence-corrected chi connectivity index (χ1v) is 12.0. The second-order valence-electron chi connectivity index (χ2n) is 8.90. The van der Waals surface area contributed by atoms with Gasteiger partial charge in [0.1, 0.15) is 0 Å². The van der Waals surface area contributed by atoms with Crippen molar-refractivity contribution in [2.75, 3.05) is 45.8 Å². The minimum atomic E-state index is -1.75. The van der Waals surface area contributed by atoms with Gasteiger partial charge in [0.15, 0.2) is 0 Å². The second kappa shape index (κ2) is 16.0.